The van der Waals surface area contributed by atoms with Crippen molar-refractivity contribution in [2.24, 2.45) is 5.92 Å². The molecule has 0 bridgehead atoms. The van der Waals surface area contributed by atoms with Gasteiger partial charge in [-0.3, -0.25) is 0 Å². The molecule has 19 heavy (non-hydrogen) atoms. The number of rotatable bonds is 8. The summed E-state index contributed by atoms with van der Waals surface area (Å²) in [5.74, 6) is 0.428. The van der Waals surface area contributed by atoms with Crippen LogP contribution < -0.4 is 0 Å². The van der Waals surface area contributed by atoms with Gasteiger partial charge >= 0.3 is 6.18 Å². The monoisotopic (exact) mass is 338 g/mol. The SMILES string of the molecule is FC(F)(F)COCCCC(CBr)Cc1ccccc1. The van der Waals surface area contributed by atoms with Crippen LogP contribution in [0.15, 0.2) is 30.3 Å². The predicted octanol–water partition coefficient (Wildman–Crippen LogP) is 4.60. The smallest absolute Gasteiger partial charge is 0.372 e. The van der Waals surface area contributed by atoms with Gasteiger partial charge in [0.1, 0.15) is 6.61 Å². The molecule has 0 aliphatic carbocycles. The van der Waals surface area contributed by atoms with E-state index in [2.05, 4.69) is 32.8 Å². The van der Waals surface area contributed by atoms with Crippen LogP contribution in [-0.2, 0) is 11.2 Å². The molecule has 0 aliphatic rings. The quantitative estimate of drug-likeness (QED) is 0.497. The summed E-state index contributed by atoms with van der Waals surface area (Å²) in [6.45, 7) is -0.984. The van der Waals surface area contributed by atoms with Crippen LogP contribution in [0.4, 0.5) is 13.2 Å². The van der Waals surface area contributed by atoms with E-state index in [9.17, 15) is 13.2 Å². The molecule has 1 aromatic rings. The Morgan fingerprint density at radius 1 is 1.16 bits per heavy atom. The highest BCUT2D eigenvalue weighted by atomic mass is 79.9. The third-order valence-electron chi connectivity index (χ3n) is 2.75. The Morgan fingerprint density at radius 3 is 2.42 bits per heavy atom. The van der Waals surface area contributed by atoms with Crippen LogP contribution in [0.3, 0.4) is 0 Å². The van der Waals surface area contributed by atoms with Gasteiger partial charge in [-0.1, -0.05) is 46.3 Å². The van der Waals surface area contributed by atoms with Gasteiger partial charge in [0.05, 0.1) is 0 Å². The van der Waals surface area contributed by atoms with E-state index < -0.39 is 12.8 Å². The topological polar surface area (TPSA) is 9.23 Å². The molecule has 1 nitrogen and oxygen atoms in total. The first-order valence-corrected chi connectivity index (χ1v) is 7.38. The summed E-state index contributed by atoms with van der Waals surface area (Å²) in [4.78, 5) is 0. The van der Waals surface area contributed by atoms with Crippen molar-refractivity contribution in [2.45, 2.75) is 25.4 Å². The summed E-state index contributed by atoms with van der Waals surface area (Å²) < 4.78 is 40.2. The molecule has 0 saturated heterocycles. The standard InChI is InChI=1S/C14H18BrF3O/c15-10-13(9-12-5-2-1-3-6-12)7-4-8-19-11-14(16,17)18/h1-3,5-6,13H,4,7-11H2. The van der Waals surface area contributed by atoms with Crippen molar-refractivity contribution < 1.29 is 17.9 Å². The predicted molar refractivity (Wildman–Crippen MR) is 73.5 cm³/mol. The number of halogens is 4. The van der Waals surface area contributed by atoms with E-state index in [1.165, 1.54) is 5.56 Å². The summed E-state index contributed by atoms with van der Waals surface area (Å²) in [5, 5.41) is 0.848. The fraction of sp³-hybridized carbons (Fsp3) is 0.571. The maximum atomic E-state index is 11.9. The first-order valence-electron chi connectivity index (χ1n) is 6.25. The average molecular weight is 339 g/mol. The van der Waals surface area contributed by atoms with Crippen LogP contribution in [0.5, 0.6) is 0 Å². The number of alkyl halides is 4. The van der Waals surface area contributed by atoms with E-state index in [-0.39, 0.29) is 6.61 Å². The molecule has 0 radical (unpaired) electrons. The zero-order chi connectivity index (χ0) is 14.1. The fourth-order valence-corrected chi connectivity index (χ4v) is 2.40. The van der Waals surface area contributed by atoms with Gasteiger partial charge < -0.3 is 4.74 Å². The molecule has 1 rings (SSSR count). The van der Waals surface area contributed by atoms with Gasteiger partial charge in [0.15, 0.2) is 0 Å². The van der Waals surface area contributed by atoms with E-state index >= 15 is 0 Å². The lowest BCUT2D eigenvalue weighted by molar-refractivity contribution is -0.174. The van der Waals surface area contributed by atoms with Gasteiger partial charge in [-0.15, -0.1) is 0 Å². The van der Waals surface area contributed by atoms with Gasteiger partial charge in [-0.25, -0.2) is 0 Å². The van der Waals surface area contributed by atoms with E-state index in [0.29, 0.717) is 12.3 Å². The third-order valence-corrected chi connectivity index (χ3v) is 3.67. The number of ether oxygens (including phenoxy) is 1. The molecule has 1 atom stereocenters. The van der Waals surface area contributed by atoms with Crippen molar-refractivity contribution in [3.8, 4) is 0 Å². The van der Waals surface area contributed by atoms with Crippen molar-refractivity contribution in [3.63, 3.8) is 0 Å². The van der Waals surface area contributed by atoms with Crippen LogP contribution in [0.2, 0.25) is 0 Å². The molecule has 1 aromatic carbocycles. The molecule has 0 saturated carbocycles. The average Bonchev–Trinajstić information content (AvgIpc) is 2.37. The maximum absolute atomic E-state index is 11.9. The summed E-state index contributed by atoms with van der Waals surface area (Å²) >= 11 is 3.45. The van der Waals surface area contributed by atoms with Gasteiger partial charge in [0, 0.05) is 11.9 Å². The third kappa shape index (κ3) is 8.26. The summed E-state index contributed by atoms with van der Waals surface area (Å²) in [6, 6.07) is 10.1. The lowest BCUT2D eigenvalue weighted by Crippen LogP contribution is -2.17. The summed E-state index contributed by atoms with van der Waals surface area (Å²) in [7, 11) is 0. The largest absolute Gasteiger partial charge is 0.411 e. The summed E-state index contributed by atoms with van der Waals surface area (Å²) in [6.07, 6.45) is -1.78. The van der Waals surface area contributed by atoms with E-state index in [1.54, 1.807) is 0 Å². The Morgan fingerprint density at radius 2 is 1.84 bits per heavy atom. The molecule has 0 amide bonds. The summed E-state index contributed by atoms with van der Waals surface area (Å²) in [5.41, 5.74) is 1.25. The zero-order valence-corrected chi connectivity index (χ0v) is 12.2. The van der Waals surface area contributed by atoms with Crippen LogP contribution in [0, 0.1) is 5.92 Å². The maximum Gasteiger partial charge on any atom is 0.411 e. The van der Waals surface area contributed by atoms with Crippen LogP contribution in [0.25, 0.3) is 0 Å². The Kier molecular flexibility index (Phi) is 7.46. The second kappa shape index (κ2) is 8.59. The van der Waals surface area contributed by atoms with E-state index in [0.717, 1.165) is 18.2 Å². The van der Waals surface area contributed by atoms with Crippen LogP contribution in [-0.4, -0.2) is 24.7 Å². The van der Waals surface area contributed by atoms with Crippen LogP contribution >= 0.6 is 15.9 Å². The number of hydrogen-bond acceptors (Lipinski definition) is 1. The van der Waals surface area contributed by atoms with E-state index in [1.807, 2.05) is 18.2 Å². The van der Waals surface area contributed by atoms with Crippen molar-refractivity contribution in [3.05, 3.63) is 35.9 Å². The highest BCUT2D eigenvalue weighted by molar-refractivity contribution is 9.09. The second-order valence-corrected chi connectivity index (χ2v) is 5.17. The number of benzene rings is 1. The Bertz CT molecular complexity index is 340. The molecule has 1 unspecified atom stereocenters. The molecular formula is C14H18BrF3O. The lowest BCUT2D eigenvalue weighted by Gasteiger charge is -2.14. The Hall–Kier alpha value is -0.550. The van der Waals surface area contributed by atoms with Crippen LogP contribution in [0.1, 0.15) is 18.4 Å². The van der Waals surface area contributed by atoms with Gasteiger partial charge in [-0.2, -0.15) is 13.2 Å². The van der Waals surface area contributed by atoms with Crippen molar-refractivity contribution in [1.29, 1.82) is 0 Å². The molecule has 0 aromatic heterocycles. The van der Waals surface area contributed by atoms with Crippen molar-refractivity contribution in [1.82, 2.24) is 0 Å². The molecule has 0 N–H and O–H groups in total. The molecule has 108 valence electrons. The minimum absolute atomic E-state index is 0.164. The molecule has 0 fully saturated rings. The fourth-order valence-electron chi connectivity index (χ4n) is 1.84. The second-order valence-electron chi connectivity index (χ2n) is 4.52. The molecule has 0 heterocycles. The first kappa shape index (κ1) is 16.5. The van der Waals surface area contributed by atoms with Crippen molar-refractivity contribution in [2.75, 3.05) is 18.5 Å². The van der Waals surface area contributed by atoms with Gasteiger partial charge in [0.2, 0.25) is 0 Å². The first-order chi connectivity index (χ1) is 9.01. The number of hydrogen-bond donors (Lipinski definition) is 0. The Labute approximate surface area is 120 Å². The highest BCUT2D eigenvalue weighted by Gasteiger charge is 2.27. The van der Waals surface area contributed by atoms with Crippen molar-refractivity contribution >= 4 is 15.9 Å². The lowest BCUT2D eigenvalue weighted by atomic mass is 9.97. The molecule has 0 aliphatic heterocycles. The molecule has 0 spiro atoms. The Balaban J connectivity index is 2.19. The highest BCUT2D eigenvalue weighted by Crippen LogP contribution is 2.18. The molecular weight excluding hydrogens is 321 g/mol. The molecule has 5 heteroatoms. The minimum Gasteiger partial charge on any atom is -0.372 e. The normalized spacial score (nSPS) is 13.5. The minimum atomic E-state index is -4.22. The zero-order valence-electron chi connectivity index (χ0n) is 10.6. The van der Waals surface area contributed by atoms with Gasteiger partial charge in [0.25, 0.3) is 0 Å². The van der Waals surface area contributed by atoms with E-state index in [4.69, 9.17) is 0 Å². The van der Waals surface area contributed by atoms with Gasteiger partial charge in [-0.05, 0) is 30.7 Å².